The monoisotopic (exact) mass is 343 g/mol. The summed E-state index contributed by atoms with van der Waals surface area (Å²) in [7, 11) is 0. The van der Waals surface area contributed by atoms with E-state index in [0.29, 0.717) is 48.3 Å². The van der Waals surface area contributed by atoms with Gasteiger partial charge in [0.15, 0.2) is 24.0 Å². The number of carbonyl (C=O) groups excluding carboxylic acids is 2. The number of nitrogens with one attached hydrogen (secondary N) is 2. The molecular weight excluding hydrogens is 326 g/mol. The van der Waals surface area contributed by atoms with Crippen molar-refractivity contribution in [3.63, 3.8) is 0 Å². The molecule has 2 aliphatic rings. The molecule has 1 aliphatic carbocycles. The Morgan fingerprint density at radius 1 is 1.40 bits per heavy atom. The molecule has 2 amide bonds. The second-order valence-electron chi connectivity index (χ2n) is 6.13. The maximum atomic E-state index is 12.0. The quantitative estimate of drug-likeness (QED) is 0.818. The van der Waals surface area contributed by atoms with E-state index in [4.69, 9.17) is 9.26 Å². The van der Waals surface area contributed by atoms with Crippen LogP contribution in [0.3, 0.4) is 0 Å². The van der Waals surface area contributed by atoms with Crippen LogP contribution < -0.4 is 15.4 Å². The summed E-state index contributed by atoms with van der Waals surface area (Å²) in [5.74, 6) is 2.24. The maximum Gasteiger partial charge on any atom is 0.263 e. The van der Waals surface area contributed by atoms with Crippen molar-refractivity contribution in [3.05, 3.63) is 24.0 Å². The molecule has 9 nitrogen and oxygen atoms in total. The topological polar surface area (TPSA) is 119 Å². The number of anilines is 2. The van der Waals surface area contributed by atoms with E-state index in [2.05, 4.69) is 25.8 Å². The number of fused-ring (bicyclic) bond motifs is 1. The van der Waals surface area contributed by atoms with E-state index >= 15 is 0 Å². The SMILES string of the molecule is O=C(CCCc1nc(C2CC2)no1)Nc1cnc2c(c1)OCC(=O)N2. The Bertz CT molecular complexity index is 815. The first-order valence-corrected chi connectivity index (χ1v) is 8.22. The largest absolute Gasteiger partial charge is 0.480 e. The summed E-state index contributed by atoms with van der Waals surface area (Å²) in [5.41, 5.74) is 0.522. The van der Waals surface area contributed by atoms with Gasteiger partial charge >= 0.3 is 0 Å². The summed E-state index contributed by atoms with van der Waals surface area (Å²) < 4.78 is 10.5. The lowest BCUT2D eigenvalue weighted by Crippen LogP contribution is -2.26. The molecule has 3 heterocycles. The second-order valence-corrected chi connectivity index (χ2v) is 6.13. The Morgan fingerprint density at radius 3 is 3.12 bits per heavy atom. The van der Waals surface area contributed by atoms with E-state index in [1.54, 1.807) is 6.07 Å². The van der Waals surface area contributed by atoms with Crippen LogP contribution in [0, 0.1) is 0 Å². The Labute approximate surface area is 143 Å². The molecule has 0 saturated heterocycles. The minimum Gasteiger partial charge on any atom is -0.480 e. The van der Waals surface area contributed by atoms with E-state index in [1.807, 2.05) is 0 Å². The van der Waals surface area contributed by atoms with Gasteiger partial charge < -0.3 is 19.9 Å². The number of aryl methyl sites for hydroxylation is 1. The first-order valence-electron chi connectivity index (χ1n) is 8.22. The highest BCUT2D eigenvalue weighted by molar-refractivity contribution is 5.95. The van der Waals surface area contributed by atoms with E-state index in [9.17, 15) is 9.59 Å². The number of hydrogen-bond acceptors (Lipinski definition) is 7. The van der Waals surface area contributed by atoms with Crippen molar-refractivity contribution in [2.45, 2.75) is 38.0 Å². The predicted molar refractivity (Wildman–Crippen MR) is 86.2 cm³/mol. The van der Waals surface area contributed by atoms with Crippen LogP contribution in [0.1, 0.15) is 43.3 Å². The molecule has 130 valence electrons. The maximum absolute atomic E-state index is 12.0. The fraction of sp³-hybridized carbons (Fsp3) is 0.438. The zero-order valence-corrected chi connectivity index (χ0v) is 13.4. The van der Waals surface area contributed by atoms with Gasteiger partial charge in [-0.1, -0.05) is 5.16 Å². The zero-order chi connectivity index (χ0) is 17.2. The molecule has 9 heteroatoms. The molecule has 2 N–H and O–H groups in total. The molecular formula is C16H17N5O4. The molecule has 0 aromatic carbocycles. The van der Waals surface area contributed by atoms with Gasteiger partial charge in [0.05, 0.1) is 11.9 Å². The summed E-state index contributed by atoms with van der Waals surface area (Å²) in [6, 6.07) is 1.64. The third-order valence-electron chi connectivity index (χ3n) is 3.97. The van der Waals surface area contributed by atoms with E-state index in [0.717, 1.165) is 18.7 Å². The van der Waals surface area contributed by atoms with Gasteiger partial charge in [0.1, 0.15) is 0 Å². The van der Waals surface area contributed by atoms with Crippen LogP contribution in [-0.2, 0) is 16.0 Å². The fourth-order valence-electron chi connectivity index (χ4n) is 2.53. The molecule has 0 bridgehead atoms. The Kier molecular flexibility index (Phi) is 4.04. The Balaban J connectivity index is 1.26. The molecule has 0 unspecified atom stereocenters. The van der Waals surface area contributed by atoms with Crippen LogP contribution >= 0.6 is 0 Å². The van der Waals surface area contributed by atoms with E-state index < -0.39 is 0 Å². The Hall–Kier alpha value is -2.97. The van der Waals surface area contributed by atoms with Gasteiger partial charge in [-0.2, -0.15) is 4.98 Å². The van der Waals surface area contributed by atoms with Crippen molar-refractivity contribution in [2.24, 2.45) is 0 Å². The average Bonchev–Trinajstić information content (AvgIpc) is 3.34. The van der Waals surface area contributed by atoms with Crippen molar-refractivity contribution < 1.29 is 18.8 Å². The van der Waals surface area contributed by atoms with Crippen LogP contribution in [0.2, 0.25) is 0 Å². The normalized spacial score (nSPS) is 15.9. The minimum absolute atomic E-state index is 0.0564. The number of hydrogen-bond donors (Lipinski definition) is 2. The van der Waals surface area contributed by atoms with E-state index in [-0.39, 0.29) is 18.4 Å². The van der Waals surface area contributed by atoms with Crippen LogP contribution in [0.4, 0.5) is 11.5 Å². The van der Waals surface area contributed by atoms with Gasteiger partial charge in [0, 0.05) is 24.8 Å². The highest BCUT2D eigenvalue weighted by Crippen LogP contribution is 2.38. The molecule has 1 aliphatic heterocycles. The first-order chi connectivity index (χ1) is 12.2. The summed E-state index contributed by atoms with van der Waals surface area (Å²) in [6.45, 7) is -0.0564. The van der Waals surface area contributed by atoms with E-state index in [1.165, 1.54) is 6.20 Å². The number of amides is 2. The summed E-state index contributed by atoms with van der Waals surface area (Å²) in [4.78, 5) is 31.6. The molecule has 1 fully saturated rings. The van der Waals surface area contributed by atoms with Gasteiger partial charge in [-0.3, -0.25) is 9.59 Å². The molecule has 4 rings (SSSR count). The summed E-state index contributed by atoms with van der Waals surface area (Å²) >= 11 is 0. The van der Waals surface area contributed by atoms with Crippen molar-refractivity contribution in [1.82, 2.24) is 15.1 Å². The second kappa shape index (κ2) is 6.50. The molecule has 25 heavy (non-hydrogen) atoms. The molecule has 0 radical (unpaired) electrons. The van der Waals surface area contributed by atoms with Crippen LogP contribution in [0.5, 0.6) is 5.75 Å². The number of carbonyl (C=O) groups is 2. The number of pyridine rings is 1. The van der Waals surface area contributed by atoms with Gasteiger partial charge in [-0.25, -0.2) is 4.98 Å². The van der Waals surface area contributed by atoms with Crippen LogP contribution in [0.15, 0.2) is 16.8 Å². The Morgan fingerprint density at radius 2 is 2.28 bits per heavy atom. The number of aromatic nitrogens is 3. The molecule has 1 saturated carbocycles. The molecule has 2 aromatic rings. The molecule has 0 spiro atoms. The van der Waals surface area contributed by atoms with Crippen molar-refractivity contribution in [2.75, 3.05) is 17.2 Å². The fourth-order valence-corrected chi connectivity index (χ4v) is 2.53. The lowest BCUT2D eigenvalue weighted by atomic mass is 10.2. The van der Waals surface area contributed by atoms with Gasteiger partial charge in [-0.05, 0) is 19.3 Å². The van der Waals surface area contributed by atoms with Crippen LogP contribution in [-0.4, -0.2) is 33.5 Å². The predicted octanol–water partition coefficient (Wildman–Crippen LogP) is 1.63. The van der Waals surface area contributed by atoms with Gasteiger partial charge in [-0.15, -0.1) is 0 Å². The van der Waals surface area contributed by atoms with Crippen LogP contribution in [0.25, 0.3) is 0 Å². The average molecular weight is 343 g/mol. The highest BCUT2D eigenvalue weighted by Gasteiger charge is 2.28. The molecule has 2 aromatic heterocycles. The van der Waals surface area contributed by atoms with Gasteiger partial charge in [0.25, 0.3) is 5.91 Å². The standard InChI is InChI=1S/C16H17N5O4/c22-12(2-1-3-14-20-15(21-25-14)9-4-5-9)18-10-6-11-16(17-7-10)19-13(23)8-24-11/h6-7,9H,1-5,8H2,(H,18,22)(H,17,19,23). The summed E-state index contributed by atoms with van der Waals surface area (Å²) in [6.07, 6.45) is 5.25. The highest BCUT2D eigenvalue weighted by atomic mass is 16.5. The molecule has 0 atom stereocenters. The van der Waals surface area contributed by atoms with Crippen molar-refractivity contribution in [3.8, 4) is 5.75 Å². The third kappa shape index (κ3) is 3.76. The van der Waals surface area contributed by atoms with Crippen molar-refractivity contribution in [1.29, 1.82) is 0 Å². The third-order valence-corrected chi connectivity index (χ3v) is 3.97. The van der Waals surface area contributed by atoms with Gasteiger partial charge in [0.2, 0.25) is 11.8 Å². The smallest absolute Gasteiger partial charge is 0.263 e. The zero-order valence-electron chi connectivity index (χ0n) is 13.4. The number of ether oxygens (including phenoxy) is 1. The van der Waals surface area contributed by atoms with Crippen molar-refractivity contribution >= 4 is 23.3 Å². The lowest BCUT2D eigenvalue weighted by Gasteiger charge is -2.17. The minimum atomic E-state index is -0.248. The summed E-state index contributed by atoms with van der Waals surface area (Å²) in [5, 5.41) is 9.31. The number of rotatable bonds is 6. The number of nitrogens with zero attached hydrogens (tertiary/aromatic N) is 3. The first kappa shape index (κ1) is 15.6. The lowest BCUT2D eigenvalue weighted by molar-refractivity contribution is -0.119.